The number of halogens is 3. The Labute approximate surface area is 206 Å². The van der Waals surface area contributed by atoms with E-state index in [-0.39, 0.29) is 48.7 Å². The third-order valence-corrected chi connectivity index (χ3v) is 6.41. The van der Waals surface area contributed by atoms with E-state index in [1.807, 2.05) is 0 Å². The van der Waals surface area contributed by atoms with Crippen LogP contribution in [0.4, 0.5) is 19.0 Å². The van der Waals surface area contributed by atoms with Crippen LogP contribution in [-0.2, 0) is 6.54 Å². The van der Waals surface area contributed by atoms with Crippen molar-refractivity contribution in [1.82, 2.24) is 20.0 Å². The summed E-state index contributed by atoms with van der Waals surface area (Å²) in [5, 5.41) is 7.03. The molecule has 2 amide bonds. The summed E-state index contributed by atoms with van der Waals surface area (Å²) < 4.78 is 43.9. The summed E-state index contributed by atoms with van der Waals surface area (Å²) in [5.41, 5.74) is 13.7. The molecule has 4 rings (SSSR count). The average Bonchev–Trinajstić information content (AvgIpc) is 3.17. The lowest BCUT2D eigenvalue weighted by molar-refractivity contribution is -0.0968. The van der Waals surface area contributed by atoms with Gasteiger partial charge in [0.2, 0.25) is 0 Å². The van der Waals surface area contributed by atoms with Crippen LogP contribution in [-0.4, -0.2) is 52.6 Å². The molecule has 1 fully saturated rings. The van der Waals surface area contributed by atoms with Crippen LogP contribution >= 0.6 is 0 Å². The van der Waals surface area contributed by atoms with Crippen LogP contribution in [0.2, 0.25) is 0 Å². The minimum Gasteiger partial charge on any atom is -0.383 e. The van der Waals surface area contributed by atoms with Crippen molar-refractivity contribution in [1.29, 1.82) is 0 Å². The Morgan fingerprint density at radius 3 is 2.56 bits per heavy atom. The van der Waals surface area contributed by atoms with Crippen molar-refractivity contribution in [2.75, 3.05) is 25.9 Å². The maximum Gasteiger partial charge on any atom is 0.272 e. The fourth-order valence-corrected chi connectivity index (χ4v) is 4.31. The first kappa shape index (κ1) is 25.2. The van der Waals surface area contributed by atoms with Gasteiger partial charge in [0.05, 0.1) is 0 Å². The van der Waals surface area contributed by atoms with Crippen molar-refractivity contribution in [2.24, 2.45) is 5.73 Å². The van der Waals surface area contributed by atoms with Gasteiger partial charge in [-0.15, -0.1) is 0 Å². The van der Waals surface area contributed by atoms with Gasteiger partial charge in [0.15, 0.2) is 0 Å². The van der Waals surface area contributed by atoms with Gasteiger partial charge in [-0.2, -0.15) is 5.10 Å². The van der Waals surface area contributed by atoms with Gasteiger partial charge in [0, 0.05) is 37.2 Å². The predicted octanol–water partition coefficient (Wildman–Crippen LogP) is 3.12. The van der Waals surface area contributed by atoms with Crippen LogP contribution in [0.5, 0.6) is 0 Å². The Balaban J connectivity index is 1.57. The third-order valence-electron chi connectivity index (χ3n) is 6.41. The van der Waals surface area contributed by atoms with Gasteiger partial charge in [-0.1, -0.05) is 30.3 Å². The number of alkyl halides is 2. The number of aromatic nitrogens is 2. The van der Waals surface area contributed by atoms with Crippen LogP contribution < -0.4 is 16.8 Å². The molecular formula is C25H27F3N6O2. The number of aryl methyl sites for hydroxylation is 1. The zero-order valence-electron chi connectivity index (χ0n) is 19.9. The fourth-order valence-electron chi connectivity index (χ4n) is 4.31. The van der Waals surface area contributed by atoms with Crippen LogP contribution in [0.15, 0.2) is 42.5 Å². The summed E-state index contributed by atoms with van der Waals surface area (Å²) in [4.78, 5) is 26.4. The number of rotatable bonds is 6. The molecule has 190 valence electrons. The van der Waals surface area contributed by atoms with Crippen molar-refractivity contribution in [3.05, 3.63) is 70.5 Å². The van der Waals surface area contributed by atoms with Gasteiger partial charge in [-0.25, -0.2) is 17.9 Å². The number of hydrogen-bond donors (Lipinski definition) is 3. The molecule has 0 radical (unpaired) electrons. The number of nitrogens with zero attached hydrogens (tertiary/aromatic N) is 3. The number of hydrogen-bond acceptors (Lipinski definition) is 5. The molecule has 0 bridgehead atoms. The van der Waals surface area contributed by atoms with Crippen molar-refractivity contribution >= 4 is 17.6 Å². The number of nitrogens with two attached hydrogens (primary N) is 2. The Morgan fingerprint density at radius 2 is 1.89 bits per heavy atom. The molecule has 36 heavy (non-hydrogen) atoms. The summed E-state index contributed by atoms with van der Waals surface area (Å²) >= 11 is 0. The lowest BCUT2D eigenvalue weighted by Gasteiger charge is -2.36. The van der Waals surface area contributed by atoms with E-state index < -0.39 is 29.6 Å². The molecule has 0 spiro atoms. The normalized spacial score (nSPS) is 17.6. The number of amides is 2. The van der Waals surface area contributed by atoms with E-state index in [1.54, 1.807) is 43.1 Å². The van der Waals surface area contributed by atoms with Crippen LogP contribution in [0.1, 0.15) is 44.3 Å². The van der Waals surface area contributed by atoms with Crippen molar-refractivity contribution in [3.8, 4) is 11.3 Å². The topological polar surface area (TPSA) is 119 Å². The average molecular weight is 501 g/mol. The SMILES string of the molecule is Cc1ccc(F)cc1C(=O)NCc1ccc(-c2nn(C3CN(C)CCC3(F)F)c(N)c2C(N)=O)cc1. The lowest BCUT2D eigenvalue weighted by Crippen LogP contribution is -2.47. The number of likely N-dealkylation sites (N-methyl/N-ethyl adjacent to an activating group) is 1. The predicted molar refractivity (Wildman–Crippen MR) is 129 cm³/mol. The molecule has 8 nitrogen and oxygen atoms in total. The molecule has 2 heterocycles. The molecule has 5 N–H and O–H groups in total. The Morgan fingerprint density at radius 1 is 1.19 bits per heavy atom. The summed E-state index contributed by atoms with van der Waals surface area (Å²) in [5.74, 6) is -5.06. The standard InChI is InChI=1S/C25H27F3N6O2/c1-14-3-8-17(26)11-18(14)24(36)31-12-15-4-6-16(7-5-15)21-20(23(30)35)22(29)34(32-21)19-13-33(2)10-9-25(19,27)28/h3-8,11,19H,9-10,12-13,29H2,1-2H3,(H2,30,35)(H,31,36). The monoisotopic (exact) mass is 500 g/mol. The number of primary amides is 1. The van der Waals surface area contributed by atoms with E-state index in [0.717, 1.165) is 10.2 Å². The third kappa shape index (κ3) is 4.92. The molecule has 2 aromatic carbocycles. The highest BCUT2D eigenvalue weighted by atomic mass is 19.3. The number of carbonyl (C=O) groups excluding carboxylic acids is 2. The Bertz CT molecular complexity index is 1310. The van der Waals surface area contributed by atoms with Crippen molar-refractivity contribution in [3.63, 3.8) is 0 Å². The second kappa shape index (κ2) is 9.65. The molecule has 3 aromatic rings. The van der Waals surface area contributed by atoms with E-state index in [9.17, 15) is 22.8 Å². The number of nitrogen functional groups attached to an aromatic ring is 1. The van der Waals surface area contributed by atoms with E-state index in [0.29, 0.717) is 11.1 Å². The summed E-state index contributed by atoms with van der Waals surface area (Å²) in [6, 6.07) is 9.30. The van der Waals surface area contributed by atoms with Crippen LogP contribution in [0.25, 0.3) is 11.3 Å². The summed E-state index contributed by atoms with van der Waals surface area (Å²) in [6.07, 6.45) is -0.357. The molecule has 1 aliphatic heterocycles. The fraction of sp³-hybridized carbons (Fsp3) is 0.320. The number of likely N-dealkylation sites (tertiary alicyclic amines) is 1. The van der Waals surface area contributed by atoms with Crippen molar-refractivity contribution < 1.29 is 22.8 Å². The van der Waals surface area contributed by atoms with E-state index in [4.69, 9.17) is 11.5 Å². The minimum atomic E-state index is -3.05. The number of nitrogens with one attached hydrogen (secondary N) is 1. The quantitative estimate of drug-likeness (QED) is 0.481. The van der Waals surface area contributed by atoms with Gasteiger partial charge in [-0.3, -0.25) is 9.59 Å². The smallest absolute Gasteiger partial charge is 0.272 e. The molecule has 1 saturated heterocycles. The molecule has 0 aliphatic carbocycles. The van der Waals surface area contributed by atoms with Gasteiger partial charge >= 0.3 is 0 Å². The van der Waals surface area contributed by atoms with E-state index in [1.165, 1.54) is 18.2 Å². The largest absolute Gasteiger partial charge is 0.383 e. The number of anilines is 1. The maximum atomic E-state index is 14.7. The lowest BCUT2D eigenvalue weighted by atomic mass is 10.0. The summed E-state index contributed by atoms with van der Waals surface area (Å²) in [6.45, 7) is 2.12. The molecular weight excluding hydrogens is 473 g/mol. The van der Waals surface area contributed by atoms with Gasteiger partial charge < -0.3 is 21.7 Å². The molecule has 1 unspecified atom stereocenters. The molecule has 0 saturated carbocycles. The Kier molecular flexibility index (Phi) is 6.77. The van der Waals surface area contributed by atoms with Crippen LogP contribution in [0, 0.1) is 12.7 Å². The molecule has 1 aromatic heterocycles. The number of carbonyl (C=O) groups is 2. The minimum absolute atomic E-state index is 0.0138. The number of benzene rings is 2. The Hall–Kier alpha value is -3.86. The van der Waals surface area contributed by atoms with Gasteiger partial charge in [0.25, 0.3) is 17.7 Å². The van der Waals surface area contributed by atoms with Gasteiger partial charge in [0.1, 0.15) is 28.9 Å². The molecule has 1 atom stereocenters. The maximum absolute atomic E-state index is 14.7. The highest BCUT2D eigenvalue weighted by Gasteiger charge is 2.46. The zero-order chi connectivity index (χ0) is 26.2. The first-order valence-electron chi connectivity index (χ1n) is 11.4. The molecule has 11 heteroatoms. The molecule has 1 aliphatic rings. The number of piperidine rings is 1. The summed E-state index contributed by atoms with van der Waals surface area (Å²) in [7, 11) is 1.73. The highest BCUT2D eigenvalue weighted by Crippen LogP contribution is 2.39. The van der Waals surface area contributed by atoms with Gasteiger partial charge in [-0.05, 0) is 37.2 Å². The zero-order valence-corrected chi connectivity index (χ0v) is 19.9. The highest BCUT2D eigenvalue weighted by molar-refractivity contribution is 6.03. The first-order valence-corrected chi connectivity index (χ1v) is 11.4. The van der Waals surface area contributed by atoms with Crippen LogP contribution in [0.3, 0.4) is 0 Å². The van der Waals surface area contributed by atoms with Crippen molar-refractivity contribution in [2.45, 2.75) is 31.9 Å². The van der Waals surface area contributed by atoms with E-state index in [2.05, 4.69) is 10.4 Å². The second-order valence-electron chi connectivity index (χ2n) is 9.05. The second-order valence-corrected chi connectivity index (χ2v) is 9.05. The van der Waals surface area contributed by atoms with E-state index >= 15 is 0 Å². The first-order chi connectivity index (χ1) is 17.0.